The summed E-state index contributed by atoms with van der Waals surface area (Å²) in [6, 6.07) is 11.9. The van der Waals surface area contributed by atoms with Crippen LogP contribution in [-0.4, -0.2) is 18.1 Å². The van der Waals surface area contributed by atoms with Crippen molar-refractivity contribution in [2.75, 3.05) is 18.5 Å². The molecule has 0 amide bonds. The van der Waals surface area contributed by atoms with Crippen molar-refractivity contribution in [1.82, 2.24) is 4.98 Å². The van der Waals surface area contributed by atoms with Gasteiger partial charge in [0.2, 0.25) is 0 Å². The van der Waals surface area contributed by atoms with Crippen LogP contribution in [0, 0.1) is 6.92 Å². The molecule has 0 saturated carbocycles. The number of aryl methyl sites for hydroxylation is 1. The topological polar surface area (TPSA) is 34.1 Å². The maximum Gasteiger partial charge on any atom is 0.137 e. The van der Waals surface area contributed by atoms with Crippen molar-refractivity contribution in [2.45, 2.75) is 6.92 Å². The van der Waals surface area contributed by atoms with Crippen LogP contribution in [0.25, 0.3) is 0 Å². The van der Waals surface area contributed by atoms with Gasteiger partial charge >= 0.3 is 0 Å². The highest BCUT2D eigenvalue weighted by Gasteiger charge is 1.97. The monoisotopic (exact) mass is 306 g/mol. The Balaban J connectivity index is 1.76. The fourth-order valence-electron chi connectivity index (χ4n) is 1.50. The number of halogens is 1. The van der Waals surface area contributed by atoms with E-state index in [1.807, 2.05) is 43.3 Å². The Kier molecular flexibility index (Phi) is 4.59. The third kappa shape index (κ3) is 3.74. The fraction of sp³-hybridized carbons (Fsp3) is 0.214. The predicted molar refractivity (Wildman–Crippen MR) is 77.1 cm³/mol. The maximum absolute atomic E-state index is 5.58. The van der Waals surface area contributed by atoms with Gasteiger partial charge in [-0.3, -0.25) is 4.98 Å². The van der Waals surface area contributed by atoms with Gasteiger partial charge in [0, 0.05) is 22.4 Å². The van der Waals surface area contributed by atoms with Crippen LogP contribution in [0.1, 0.15) is 5.69 Å². The van der Waals surface area contributed by atoms with Crippen molar-refractivity contribution in [2.24, 2.45) is 0 Å². The van der Waals surface area contributed by atoms with Gasteiger partial charge in [0.05, 0.1) is 6.20 Å². The molecular weight excluding hydrogens is 292 g/mol. The second-order valence-corrected chi connectivity index (χ2v) is 4.74. The highest BCUT2D eigenvalue weighted by atomic mass is 79.9. The van der Waals surface area contributed by atoms with E-state index >= 15 is 0 Å². The lowest BCUT2D eigenvalue weighted by Crippen LogP contribution is -2.11. The number of para-hydroxylation sites is 1. The zero-order valence-corrected chi connectivity index (χ0v) is 11.8. The fourth-order valence-corrected chi connectivity index (χ4v) is 1.92. The zero-order chi connectivity index (χ0) is 12.8. The molecule has 2 aromatic rings. The first-order chi connectivity index (χ1) is 8.75. The molecule has 94 valence electrons. The minimum atomic E-state index is 0.603. The number of nitrogens with zero attached hydrogens (tertiary/aromatic N) is 1. The molecule has 0 fully saturated rings. The van der Waals surface area contributed by atoms with Gasteiger partial charge in [-0.15, -0.1) is 0 Å². The van der Waals surface area contributed by atoms with Gasteiger partial charge in [0.1, 0.15) is 12.4 Å². The van der Waals surface area contributed by atoms with E-state index in [0.717, 1.165) is 28.1 Å². The number of pyridine rings is 1. The zero-order valence-electron chi connectivity index (χ0n) is 10.2. The van der Waals surface area contributed by atoms with Gasteiger partial charge < -0.3 is 10.1 Å². The normalized spacial score (nSPS) is 10.1. The molecule has 2 rings (SSSR count). The standard InChI is InChI=1S/C14H15BrN2O/c1-11-6-7-12(10-17-11)18-9-8-16-14-5-3-2-4-13(14)15/h2-7,10,16H,8-9H2,1H3. The Labute approximate surface area is 115 Å². The Morgan fingerprint density at radius 1 is 1.22 bits per heavy atom. The van der Waals surface area contributed by atoms with Crippen molar-refractivity contribution in [1.29, 1.82) is 0 Å². The SMILES string of the molecule is Cc1ccc(OCCNc2ccccc2Br)cn1. The number of ether oxygens (including phenoxy) is 1. The smallest absolute Gasteiger partial charge is 0.137 e. The highest BCUT2D eigenvalue weighted by Crippen LogP contribution is 2.20. The lowest BCUT2D eigenvalue weighted by molar-refractivity contribution is 0.331. The molecule has 1 heterocycles. The van der Waals surface area contributed by atoms with Crippen LogP contribution >= 0.6 is 15.9 Å². The summed E-state index contributed by atoms with van der Waals surface area (Å²) in [6.07, 6.45) is 1.74. The van der Waals surface area contributed by atoms with Gasteiger partial charge in [-0.05, 0) is 47.1 Å². The summed E-state index contributed by atoms with van der Waals surface area (Å²) in [5, 5.41) is 3.30. The average molecular weight is 307 g/mol. The van der Waals surface area contributed by atoms with E-state index in [1.165, 1.54) is 0 Å². The Hall–Kier alpha value is -1.55. The van der Waals surface area contributed by atoms with Gasteiger partial charge in [0.15, 0.2) is 0 Å². The van der Waals surface area contributed by atoms with E-state index in [4.69, 9.17) is 4.74 Å². The van der Waals surface area contributed by atoms with Crippen LogP contribution in [0.5, 0.6) is 5.75 Å². The van der Waals surface area contributed by atoms with Crippen LogP contribution in [0.4, 0.5) is 5.69 Å². The molecule has 0 unspecified atom stereocenters. The number of aromatic nitrogens is 1. The molecule has 1 aromatic carbocycles. The van der Waals surface area contributed by atoms with E-state index in [2.05, 4.69) is 26.2 Å². The van der Waals surface area contributed by atoms with Crippen molar-refractivity contribution in [3.05, 3.63) is 52.8 Å². The minimum Gasteiger partial charge on any atom is -0.490 e. The molecule has 0 spiro atoms. The van der Waals surface area contributed by atoms with Crippen LogP contribution < -0.4 is 10.1 Å². The second kappa shape index (κ2) is 6.40. The molecule has 4 heteroatoms. The number of hydrogen-bond donors (Lipinski definition) is 1. The van der Waals surface area contributed by atoms with Gasteiger partial charge in [-0.25, -0.2) is 0 Å². The Morgan fingerprint density at radius 3 is 2.78 bits per heavy atom. The number of anilines is 1. The third-order valence-electron chi connectivity index (χ3n) is 2.44. The van der Waals surface area contributed by atoms with Crippen LogP contribution in [0.3, 0.4) is 0 Å². The van der Waals surface area contributed by atoms with Crippen molar-refractivity contribution in [3.8, 4) is 5.75 Å². The summed E-state index contributed by atoms with van der Waals surface area (Å²) in [5.74, 6) is 0.800. The van der Waals surface area contributed by atoms with E-state index < -0.39 is 0 Å². The molecule has 0 radical (unpaired) electrons. The summed E-state index contributed by atoms with van der Waals surface area (Å²) < 4.78 is 6.64. The predicted octanol–water partition coefficient (Wildman–Crippen LogP) is 3.64. The quantitative estimate of drug-likeness (QED) is 0.856. The molecule has 0 aliphatic rings. The van der Waals surface area contributed by atoms with E-state index in [0.29, 0.717) is 6.61 Å². The van der Waals surface area contributed by atoms with E-state index in [1.54, 1.807) is 6.20 Å². The second-order valence-electron chi connectivity index (χ2n) is 3.89. The molecule has 1 N–H and O–H groups in total. The minimum absolute atomic E-state index is 0.603. The van der Waals surface area contributed by atoms with Crippen molar-refractivity contribution < 1.29 is 4.74 Å². The van der Waals surface area contributed by atoms with Crippen LogP contribution in [-0.2, 0) is 0 Å². The first-order valence-corrected chi connectivity index (χ1v) is 6.59. The summed E-state index contributed by atoms with van der Waals surface area (Å²) in [5.41, 5.74) is 2.07. The number of nitrogens with one attached hydrogen (secondary N) is 1. The number of benzene rings is 1. The molecule has 0 aliphatic heterocycles. The Bertz CT molecular complexity index is 499. The number of rotatable bonds is 5. The molecule has 3 nitrogen and oxygen atoms in total. The first-order valence-electron chi connectivity index (χ1n) is 5.79. The molecule has 0 saturated heterocycles. The molecule has 0 atom stereocenters. The lowest BCUT2D eigenvalue weighted by Gasteiger charge is -2.09. The molecule has 0 bridgehead atoms. The Morgan fingerprint density at radius 2 is 2.06 bits per heavy atom. The molecule has 18 heavy (non-hydrogen) atoms. The van der Waals surface area contributed by atoms with Gasteiger partial charge in [0.25, 0.3) is 0 Å². The summed E-state index contributed by atoms with van der Waals surface area (Å²) in [4.78, 5) is 4.18. The van der Waals surface area contributed by atoms with Crippen LogP contribution in [0.15, 0.2) is 47.1 Å². The lowest BCUT2D eigenvalue weighted by atomic mass is 10.3. The molecule has 1 aromatic heterocycles. The summed E-state index contributed by atoms with van der Waals surface area (Å²) in [6.45, 7) is 3.31. The summed E-state index contributed by atoms with van der Waals surface area (Å²) >= 11 is 3.49. The van der Waals surface area contributed by atoms with Crippen molar-refractivity contribution >= 4 is 21.6 Å². The van der Waals surface area contributed by atoms with Crippen molar-refractivity contribution in [3.63, 3.8) is 0 Å². The number of hydrogen-bond acceptors (Lipinski definition) is 3. The summed E-state index contributed by atoms with van der Waals surface area (Å²) in [7, 11) is 0. The largest absolute Gasteiger partial charge is 0.490 e. The van der Waals surface area contributed by atoms with E-state index in [-0.39, 0.29) is 0 Å². The van der Waals surface area contributed by atoms with Gasteiger partial charge in [-0.2, -0.15) is 0 Å². The molecule has 0 aliphatic carbocycles. The average Bonchev–Trinajstić information content (AvgIpc) is 2.39. The van der Waals surface area contributed by atoms with E-state index in [9.17, 15) is 0 Å². The molecular formula is C14H15BrN2O. The first kappa shape index (κ1) is 12.9. The highest BCUT2D eigenvalue weighted by molar-refractivity contribution is 9.10. The third-order valence-corrected chi connectivity index (χ3v) is 3.14. The van der Waals surface area contributed by atoms with Gasteiger partial charge in [-0.1, -0.05) is 12.1 Å². The maximum atomic E-state index is 5.58. The van der Waals surface area contributed by atoms with Crippen LogP contribution in [0.2, 0.25) is 0 Å².